The molecule has 0 saturated carbocycles. The van der Waals surface area contributed by atoms with Crippen LogP contribution >= 0.6 is 0 Å². The van der Waals surface area contributed by atoms with Crippen molar-refractivity contribution in [3.63, 3.8) is 0 Å². The maximum Gasteiger partial charge on any atom is 0.138 e. The molecule has 3 heterocycles. The lowest BCUT2D eigenvalue weighted by Gasteiger charge is -2.34. The molecule has 1 aromatic rings. The van der Waals surface area contributed by atoms with Gasteiger partial charge in [-0.1, -0.05) is 0 Å². The Bertz CT molecular complexity index is 415. The van der Waals surface area contributed by atoms with Crippen molar-refractivity contribution in [1.29, 1.82) is 0 Å². The molecule has 2 aliphatic rings. The largest absolute Gasteiger partial charge is 0.367 e. The van der Waals surface area contributed by atoms with E-state index in [-0.39, 0.29) is 6.10 Å². The zero-order valence-electron chi connectivity index (χ0n) is 10.4. The van der Waals surface area contributed by atoms with Crippen LogP contribution in [0, 0.1) is 0 Å². The zero-order chi connectivity index (χ0) is 11.8. The summed E-state index contributed by atoms with van der Waals surface area (Å²) < 4.78 is 5.64. The average Bonchev–Trinajstić information content (AvgIpc) is 2.73. The lowest BCUT2D eigenvalue weighted by molar-refractivity contribution is 0.0787. The SMILES string of the molecule is CC1OCc2ncnc(N3CCN(C)CC3)c21. The van der Waals surface area contributed by atoms with Crippen molar-refractivity contribution in [2.45, 2.75) is 19.6 Å². The van der Waals surface area contributed by atoms with Crippen molar-refractivity contribution >= 4 is 5.82 Å². The standard InChI is InChI=1S/C12H18N4O/c1-9-11-10(7-17-9)13-8-14-12(11)16-5-3-15(2)4-6-16/h8-9H,3-7H2,1-2H3. The molecule has 17 heavy (non-hydrogen) atoms. The van der Waals surface area contributed by atoms with Gasteiger partial charge < -0.3 is 14.5 Å². The van der Waals surface area contributed by atoms with Gasteiger partial charge in [0, 0.05) is 31.7 Å². The van der Waals surface area contributed by atoms with Crippen molar-refractivity contribution in [3.05, 3.63) is 17.6 Å². The summed E-state index contributed by atoms with van der Waals surface area (Å²) in [4.78, 5) is 13.5. The molecule has 1 saturated heterocycles. The van der Waals surface area contributed by atoms with Gasteiger partial charge in [-0.05, 0) is 14.0 Å². The van der Waals surface area contributed by atoms with Crippen molar-refractivity contribution in [3.8, 4) is 0 Å². The first-order valence-electron chi connectivity index (χ1n) is 6.14. The van der Waals surface area contributed by atoms with Crippen LogP contribution in [0.3, 0.4) is 0 Å². The minimum Gasteiger partial charge on any atom is -0.367 e. The van der Waals surface area contributed by atoms with Gasteiger partial charge in [0.25, 0.3) is 0 Å². The van der Waals surface area contributed by atoms with E-state index >= 15 is 0 Å². The van der Waals surface area contributed by atoms with Crippen LogP contribution in [-0.4, -0.2) is 48.1 Å². The van der Waals surface area contributed by atoms with E-state index in [9.17, 15) is 0 Å². The Morgan fingerprint density at radius 1 is 1.24 bits per heavy atom. The molecule has 1 fully saturated rings. The molecule has 0 radical (unpaired) electrons. The van der Waals surface area contributed by atoms with Gasteiger partial charge in [-0.15, -0.1) is 0 Å². The molecular weight excluding hydrogens is 216 g/mol. The van der Waals surface area contributed by atoms with Crippen LogP contribution in [0.2, 0.25) is 0 Å². The number of likely N-dealkylation sites (N-methyl/N-ethyl adjacent to an activating group) is 1. The molecule has 0 aliphatic carbocycles. The molecule has 0 bridgehead atoms. The van der Waals surface area contributed by atoms with Gasteiger partial charge in [-0.2, -0.15) is 0 Å². The maximum absolute atomic E-state index is 5.64. The highest BCUT2D eigenvalue weighted by molar-refractivity contribution is 5.51. The lowest BCUT2D eigenvalue weighted by atomic mass is 10.1. The fourth-order valence-electron chi connectivity index (χ4n) is 2.51. The Labute approximate surface area is 101 Å². The van der Waals surface area contributed by atoms with Crippen LogP contribution in [0.15, 0.2) is 6.33 Å². The van der Waals surface area contributed by atoms with E-state index in [0.717, 1.165) is 37.7 Å². The minimum absolute atomic E-state index is 0.126. The van der Waals surface area contributed by atoms with Crippen molar-refractivity contribution in [2.24, 2.45) is 0 Å². The number of ether oxygens (including phenoxy) is 1. The van der Waals surface area contributed by atoms with E-state index in [1.807, 2.05) is 0 Å². The fourth-order valence-corrected chi connectivity index (χ4v) is 2.51. The van der Waals surface area contributed by atoms with Gasteiger partial charge >= 0.3 is 0 Å². The van der Waals surface area contributed by atoms with Crippen LogP contribution in [0.5, 0.6) is 0 Å². The minimum atomic E-state index is 0.126. The molecule has 2 aliphatic heterocycles. The van der Waals surface area contributed by atoms with Crippen molar-refractivity contribution < 1.29 is 4.74 Å². The summed E-state index contributed by atoms with van der Waals surface area (Å²) >= 11 is 0. The van der Waals surface area contributed by atoms with Gasteiger partial charge in [-0.25, -0.2) is 9.97 Å². The van der Waals surface area contributed by atoms with Gasteiger partial charge in [0.1, 0.15) is 12.1 Å². The normalized spacial score (nSPS) is 25.1. The molecule has 0 N–H and O–H groups in total. The Morgan fingerprint density at radius 3 is 2.76 bits per heavy atom. The highest BCUT2D eigenvalue weighted by Crippen LogP contribution is 2.35. The number of rotatable bonds is 1. The first-order valence-corrected chi connectivity index (χ1v) is 6.14. The molecule has 5 nitrogen and oxygen atoms in total. The summed E-state index contributed by atoms with van der Waals surface area (Å²) in [5, 5.41) is 0. The summed E-state index contributed by atoms with van der Waals surface area (Å²) in [6, 6.07) is 0. The van der Waals surface area contributed by atoms with Crippen molar-refractivity contribution in [2.75, 3.05) is 38.1 Å². The summed E-state index contributed by atoms with van der Waals surface area (Å²) in [5.74, 6) is 1.08. The average molecular weight is 234 g/mol. The van der Waals surface area contributed by atoms with Gasteiger partial charge in [0.2, 0.25) is 0 Å². The number of anilines is 1. The first kappa shape index (κ1) is 10.9. The number of nitrogens with zero attached hydrogens (tertiary/aromatic N) is 4. The van der Waals surface area contributed by atoms with Crippen LogP contribution in [0.4, 0.5) is 5.82 Å². The van der Waals surface area contributed by atoms with E-state index in [1.54, 1.807) is 6.33 Å². The fraction of sp³-hybridized carbons (Fsp3) is 0.667. The predicted molar refractivity (Wildman–Crippen MR) is 64.9 cm³/mol. The maximum atomic E-state index is 5.64. The van der Waals surface area contributed by atoms with E-state index in [2.05, 4.69) is 33.7 Å². The third kappa shape index (κ3) is 1.89. The lowest BCUT2D eigenvalue weighted by Crippen LogP contribution is -2.45. The second-order valence-corrected chi connectivity index (χ2v) is 4.80. The van der Waals surface area contributed by atoms with Gasteiger partial charge in [0.05, 0.1) is 18.4 Å². The number of hydrogen-bond donors (Lipinski definition) is 0. The first-order chi connectivity index (χ1) is 8.25. The van der Waals surface area contributed by atoms with Crippen molar-refractivity contribution in [1.82, 2.24) is 14.9 Å². The number of aromatic nitrogens is 2. The molecule has 1 aromatic heterocycles. The molecule has 1 unspecified atom stereocenters. The van der Waals surface area contributed by atoms with Crippen LogP contribution in [0.1, 0.15) is 24.3 Å². The van der Waals surface area contributed by atoms with Crippen LogP contribution in [-0.2, 0) is 11.3 Å². The number of fused-ring (bicyclic) bond motifs is 1. The molecular formula is C12H18N4O. The van der Waals surface area contributed by atoms with E-state index < -0.39 is 0 Å². The predicted octanol–water partition coefficient (Wildman–Crippen LogP) is 0.820. The Morgan fingerprint density at radius 2 is 2.00 bits per heavy atom. The molecule has 92 valence electrons. The smallest absolute Gasteiger partial charge is 0.138 e. The third-order valence-electron chi connectivity index (χ3n) is 3.62. The van der Waals surface area contributed by atoms with Gasteiger partial charge in [-0.3, -0.25) is 0 Å². The quantitative estimate of drug-likeness (QED) is 0.719. The molecule has 0 amide bonds. The third-order valence-corrected chi connectivity index (χ3v) is 3.62. The summed E-state index contributed by atoms with van der Waals surface area (Å²) in [6.07, 6.45) is 1.79. The molecule has 0 aromatic carbocycles. The van der Waals surface area contributed by atoms with E-state index in [4.69, 9.17) is 4.74 Å². The zero-order valence-corrected chi connectivity index (χ0v) is 10.4. The monoisotopic (exact) mass is 234 g/mol. The van der Waals surface area contributed by atoms with E-state index in [1.165, 1.54) is 5.56 Å². The summed E-state index contributed by atoms with van der Waals surface area (Å²) in [7, 11) is 2.16. The Kier molecular flexibility index (Phi) is 2.72. The van der Waals surface area contributed by atoms with E-state index in [0.29, 0.717) is 6.61 Å². The topological polar surface area (TPSA) is 41.5 Å². The van der Waals surface area contributed by atoms with Crippen LogP contribution < -0.4 is 4.90 Å². The van der Waals surface area contributed by atoms with Crippen LogP contribution in [0.25, 0.3) is 0 Å². The summed E-state index contributed by atoms with van der Waals surface area (Å²) in [5.41, 5.74) is 2.25. The summed E-state index contributed by atoms with van der Waals surface area (Å²) in [6.45, 7) is 6.95. The molecule has 3 rings (SSSR count). The molecule has 1 atom stereocenters. The highest BCUT2D eigenvalue weighted by atomic mass is 16.5. The Balaban J connectivity index is 1.91. The molecule has 0 spiro atoms. The second kappa shape index (κ2) is 4.23. The highest BCUT2D eigenvalue weighted by Gasteiger charge is 2.28. The van der Waals surface area contributed by atoms with Gasteiger partial charge in [0.15, 0.2) is 0 Å². The second-order valence-electron chi connectivity index (χ2n) is 4.80. The number of piperazine rings is 1. The number of hydrogen-bond acceptors (Lipinski definition) is 5. The Hall–Kier alpha value is -1.20. The molecule has 5 heteroatoms.